The summed E-state index contributed by atoms with van der Waals surface area (Å²) in [6, 6.07) is 3.73. The van der Waals surface area contributed by atoms with Crippen LogP contribution in [-0.2, 0) is 4.79 Å². The van der Waals surface area contributed by atoms with E-state index in [0.29, 0.717) is 26.1 Å². The standard InChI is InChI=1S/C16H19N3O3/c20-13-3-8-19(10-16(13)5-1-6-18-15(16)21)14-11-4-9-22-12(11)2-7-17-14/h2,4,7,9,13,20H,1,3,5-6,8,10H2,(H,18,21)/t13-,16+/m0/s1. The smallest absolute Gasteiger partial charge is 0.230 e. The average molecular weight is 301 g/mol. The number of pyridine rings is 1. The van der Waals surface area contributed by atoms with Gasteiger partial charge in [0.05, 0.1) is 23.2 Å². The molecule has 0 aliphatic carbocycles. The minimum Gasteiger partial charge on any atom is -0.464 e. The van der Waals surface area contributed by atoms with Gasteiger partial charge in [0.1, 0.15) is 11.4 Å². The van der Waals surface area contributed by atoms with Crippen molar-refractivity contribution in [2.24, 2.45) is 5.41 Å². The Morgan fingerprint density at radius 1 is 1.45 bits per heavy atom. The highest BCUT2D eigenvalue weighted by atomic mass is 16.3. The number of amides is 1. The summed E-state index contributed by atoms with van der Waals surface area (Å²) >= 11 is 0. The van der Waals surface area contributed by atoms with E-state index in [1.807, 2.05) is 12.1 Å². The maximum Gasteiger partial charge on any atom is 0.230 e. The largest absolute Gasteiger partial charge is 0.464 e. The number of aliphatic hydroxyl groups excluding tert-OH is 1. The van der Waals surface area contributed by atoms with Crippen LogP contribution >= 0.6 is 0 Å². The first-order valence-electron chi connectivity index (χ1n) is 7.74. The number of hydrogen-bond acceptors (Lipinski definition) is 5. The quantitative estimate of drug-likeness (QED) is 0.830. The number of carbonyl (C=O) groups excluding carboxylic acids is 1. The summed E-state index contributed by atoms with van der Waals surface area (Å²) in [6.07, 6.45) is 4.98. The molecule has 1 spiro atoms. The molecule has 22 heavy (non-hydrogen) atoms. The Bertz CT molecular complexity index is 713. The average Bonchev–Trinajstić information content (AvgIpc) is 3.01. The number of hydrogen-bond donors (Lipinski definition) is 2. The highest BCUT2D eigenvalue weighted by Gasteiger charge is 2.50. The molecule has 4 heterocycles. The molecule has 2 atom stereocenters. The van der Waals surface area contributed by atoms with Crippen molar-refractivity contribution in [1.82, 2.24) is 10.3 Å². The zero-order chi connectivity index (χ0) is 15.2. The van der Waals surface area contributed by atoms with Crippen LogP contribution in [0.3, 0.4) is 0 Å². The van der Waals surface area contributed by atoms with Crippen molar-refractivity contribution in [3.05, 3.63) is 24.6 Å². The van der Waals surface area contributed by atoms with Crippen molar-refractivity contribution in [3.8, 4) is 0 Å². The summed E-state index contributed by atoms with van der Waals surface area (Å²) in [7, 11) is 0. The van der Waals surface area contributed by atoms with E-state index in [-0.39, 0.29) is 5.91 Å². The molecule has 2 fully saturated rings. The van der Waals surface area contributed by atoms with Gasteiger partial charge in [0, 0.05) is 25.8 Å². The second kappa shape index (κ2) is 4.98. The molecule has 0 unspecified atom stereocenters. The molecule has 116 valence electrons. The molecule has 2 aromatic heterocycles. The van der Waals surface area contributed by atoms with E-state index in [1.54, 1.807) is 12.5 Å². The lowest BCUT2D eigenvalue weighted by atomic mass is 9.71. The highest BCUT2D eigenvalue weighted by Crippen LogP contribution is 2.39. The van der Waals surface area contributed by atoms with Crippen molar-refractivity contribution in [3.63, 3.8) is 0 Å². The van der Waals surface area contributed by atoms with Crippen LogP contribution in [0, 0.1) is 5.41 Å². The van der Waals surface area contributed by atoms with Gasteiger partial charge in [-0.1, -0.05) is 0 Å². The van der Waals surface area contributed by atoms with Gasteiger partial charge in [-0.2, -0.15) is 0 Å². The number of piperidine rings is 2. The minimum absolute atomic E-state index is 0.0321. The van der Waals surface area contributed by atoms with E-state index in [2.05, 4.69) is 15.2 Å². The van der Waals surface area contributed by atoms with Gasteiger partial charge in [-0.25, -0.2) is 4.98 Å². The first-order valence-corrected chi connectivity index (χ1v) is 7.74. The zero-order valence-corrected chi connectivity index (χ0v) is 12.3. The molecule has 2 aliphatic heterocycles. The number of carbonyl (C=O) groups is 1. The van der Waals surface area contributed by atoms with Crippen molar-refractivity contribution >= 4 is 22.7 Å². The van der Waals surface area contributed by atoms with E-state index in [1.165, 1.54) is 0 Å². The maximum absolute atomic E-state index is 12.4. The summed E-state index contributed by atoms with van der Waals surface area (Å²) in [5.41, 5.74) is 0.0719. The number of nitrogens with zero attached hydrogens (tertiary/aromatic N) is 2. The number of rotatable bonds is 1. The summed E-state index contributed by atoms with van der Waals surface area (Å²) < 4.78 is 5.43. The Hall–Kier alpha value is -2.08. The van der Waals surface area contributed by atoms with Crippen LogP contribution in [0.4, 0.5) is 5.82 Å². The SMILES string of the molecule is O=C1NCCC[C@]12CN(c1nccc3occc13)CC[C@@H]2O. The van der Waals surface area contributed by atoms with Crippen LogP contribution in [0.25, 0.3) is 11.0 Å². The molecule has 2 saturated heterocycles. The van der Waals surface area contributed by atoms with Crippen molar-refractivity contribution in [1.29, 1.82) is 0 Å². The summed E-state index contributed by atoms with van der Waals surface area (Å²) in [4.78, 5) is 19.0. The topological polar surface area (TPSA) is 78.6 Å². The third-order valence-electron chi connectivity index (χ3n) is 4.98. The number of aromatic nitrogens is 1. The Morgan fingerprint density at radius 3 is 3.23 bits per heavy atom. The molecule has 0 bridgehead atoms. The lowest BCUT2D eigenvalue weighted by Gasteiger charge is -2.47. The molecular formula is C16H19N3O3. The Kier molecular flexibility index (Phi) is 3.07. The minimum atomic E-state index is -0.718. The Labute approximate surface area is 128 Å². The first-order chi connectivity index (χ1) is 10.7. The number of aliphatic hydroxyl groups is 1. The van der Waals surface area contributed by atoms with Crippen LogP contribution in [0.15, 0.2) is 29.0 Å². The second-order valence-electron chi connectivity index (χ2n) is 6.21. The van der Waals surface area contributed by atoms with E-state index >= 15 is 0 Å². The van der Waals surface area contributed by atoms with Crippen LogP contribution in [0.2, 0.25) is 0 Å². The second-order valence-corrected chi connectivity index (χ2v) is 6.21. The third kappa shape index (κ3) is 1.90. The summed E-state index contributed by atoms with van der Waals surface area (Å²) in [6.45, 7) is 1.88. The summed E-state index contributed by atoms with van der Waals surface area (Å²) in [5.74, 6) is 0.797. The monoisotopic (exact) mass is 301 g/mol. The third-order valence-corrected chi connectivity index (χ3v) is 4.98. The van der Waals surface area contributed by atoms with E-state index in [4.69, 9.17) is 4.42 Å². The van der Waals surface area contributed by atoms with Crippen LogP contribution in [0.5, 0.6) is 0 Å². The summed E-state index contributed by atoms with van der Waals surface area (Å²) in [5, 5.41) is 14.3. The molecule has 4 rings (SSSR count). The predicted molar refractivity (Wildman–Crippen MR) is 81.5 cm³/mol. The molecule has 0 radical (unpaired) electrons. The van der Waals surface area contributed by atoms with Crippen molar-refractivity contribution in [2.45, 2.75) is 25.4 Å². The molecule has 1 amide bonds. The maximum atomic E-state index is 12.4. The van der Waals surface area contributed by atoms with Gasteiger partial charge >= 0.3 is 0 Å². The highest BCUT2D eigenvalue weighted by molar-refractivity contribution is 5.90. The number of furan rings is 1. The molecular weight excluding hydrogens is 282 g/mol. The predicted octanol–water partition coefficient (Wildman–Crippen LogP) is 1.30. The zero-order valence-electron chi connectivity index (χ0n) is 12.3. The van der Waals surface area contributed by atoms with Crippen LogP contribution in [-0.4, -0.2) is 41.7 Å². The van der Waals surface area contributed by atoms with E-state index in [9.17, 15) is 9.90 Å². The number of anilines is 1. The molecule has 0 saturated carbocycles. The van der Waals surface area contributed by atoms with Gasteiger partial charge in [-0.05, 0) is 31.4 Å². The van der Waals surface area contributed by atoms with E-state index < -0.39 is 11.5 Å². The normalized spacial score (nSPS) is 29.0. The number of fused-ring (bicyclic) bond motifs is 1. The van der Waals surface area contributed by atoms with Gasteiger partial charge in [-0.15, -0.1) is 0 Å². The van der Waals surface area contributed by atoms with Crippen molar-refractivity contribution in [2.75, 3.05) is 24.5 Å². The Balaban J connectivity index is 1.72. The van der Waals surface area contributed by atoms with Gasteiger partial charge < -0.3 is 19.7 Å². The number of nitrogens with one attached hydrogen (secondary N) is 1. The van der Waals surface area contributed by atoms with Gasteiger partial charge in [0.2, 0.25) is 5.91 Å². The molecule has 0 aromatic carbocycles. The van der Waals surface area contributed by atoms with Gasteiger partial charge in [0.25, 0.3) is 0 Å². The Morgan fingerprint density at radius 2 is 2.36 bits per heavy atom. The fraction of sp³-hybridized carbons (Fsp3) is 0.500. The lowest BCUT2D eigenvalue weighted by molar-refractivity contribution is -0.142. The van der Waals surface area contributed by atoms with Gasteiger partial charge in [0.15, 0.2) is 0 Å². The molecule has 6 heteroatoms. The van der Waals surface area contributed by atoms with Crippen LogP contribution in [0.1, 0.15) is 19.3 Å². The van der Waals surface area contributed by atoms with E-state index in [0.717, 1.165) is 29.6 Å². The molecule has 2 aromatic rings. The van der Waals surface area contributed by atoms with Crippen molar-refractivity contribution < 1.29 is 14.3 Å². The fourth-order valence-corrected chi connectivity index (χ4v) is 3.76. The molecule has 2 aliphatic rings. The molecule has 6 nitrogen and oxygen atoms in total. The van der Waals surface area contributed by atoms with Crippen LogP contribution < -0.4 is 10.2 Å². The van der Waals surface area contributed by atoms with Gasteiger partial charge in [-0.3, -0.25) is 4.79 Å². The molecule has 2 N–H and O–H groups in total. The first kappa shape index (κ1) is 13.6. The fourth-order valence-electron chi connectivity index (χ4n) is 3.76. The lowest BCUT2D eigenvalue weighted by Crippen LogP contribution is -2.61.